The van der Waals surface area contributed by atoms with Crippen molar-refractivity contribution in [1.82, 2.24) is 0 Å². The lowest BCUT2D eigenvalue weighted by Gasteiger charge is -2.29. The van der Waals surface area contributed by atoms with Crippen molar-refractivity contribution in [2.75, 3.05) is 23.4 Å². The van der Waals surface area contributed by atoms with Crippen molar-refractivity contribution in [3.63, 3.8) is 0 Å². The predicted octanol–water partition coefficient (Wildman–Crippen LogP) is 4.35. The van der Waals surface area contributed by atoms with Gasteiger partial charge in [0.05, 0.1) is 11.3 Å². The van der Waals surface area contributed by atoms with E-state index in [4.69, 9.17) is 9.47 Å². The van der Waals surface area contributed by atoms with Crippen molar-refractivity contribution in [3.8, 4) is 5.75 Å². The van der Waals surface area contributed by atoms with Gasteiger partial charge in [0.25, 0.3) is 11.8 Å². The maximum Gasteiger partial charge on any atom is 0.416 e. The van der Waals surface area contributed by atoms with Crippen molar-refractivity contribution in [2.45, 2.75) is 12.3 Å². The van der Waals surface area contributed by atoms with Crippen molar-refractivity contribution >= 4 is 29.2 Å². The number of benzene rings is 3. The van der Waals surface area contributed by atoms with Crippen LogP contribution in [0, 0.1) is 0 Å². The van der Waals surface area contributed by atoms with Crippen LogP contribution in [0.2, 0.25) is 0 Å². The first-order chi connectivity index (χ1) is 16.7. The van der Waals surface area contributed by atoms with Crippen LogP contribution in [0.5, 0.6) is 5.75 Å². The Kier molecular flexibility index (Phi) is 6.72. The molecule has 2 amide bonds. The molecule has 180 valence electrons. The maximum atomic E-state index is 13.0. The molecule has 0 radical (unpaired) electrons. The minimum atomic E-state index is -4.59. The van der Waals surface area contributed by atoms with Crippen LogP contribution in [-0.4, -0.2) is 30.9 Å². The zero-order chi connectivity index (χ0) is 25.0. The first kappa shape index (κ1) is 23.8. The van der Waals surface area contributed by atoms with Gasteiger partial charge in [0.15, 0.2) is 6.61 Å². The number of hydrogen-bond donors (Lipinski definition) is 1. The largest absolute Gasteiger partial charge is 0.482 e. The number of nitrogens with one attached hydrogen (secondary N) is 1. The standard InChI is InChI=1S/C25H19F3N2O5/c26-25(27,28)17-9-6-10-18(13-17)29-24(33)23(16-7-2-1-3-8-16)35-22(32)14-30-19-11-4-5-12-20(19)34-15-21(30)31/h1-13,23H,14-15H2,(H,29,33). The summed E-state index contributed by atoms with van der Waals surface area (Å²) in [6, 6.07) is 18.8. The third kappa shape index (κ3) is 5.60. The number of alkyl halides is 3. The fraction of sp³-hybridized carbons (Fsp3) is 0.160. The normalized spacial score (nSPS) is 13.9. The van der Waals surface area contributed by atoms with E-state index in [-0.39, 0.29) is 12.3 Å². The summed E-state index contributed by atoms with van der Waals surface area (Å²) in [6.45, 7) is -0.748. The Labute approximate surface area is 198 Å². The van der Waals surface area contributed by atoms with Gasteiger partial charge >= 0.3 is 12.1 Å². The number of carbonyl (C=O) groups excluding carboxylic acids is 3. The van der Waals surface area contributed by atoms with Gasteiger partial charge in [-0.2, -0.15) is 13.2 Å². The molecular formula is C25H19F3N2O5. The van der Waals surface area contributed by atoms with Crippen LogP contribution in [0.3, 0.4) is 0 Å². The average molecular weight is 484 g/mol. The van der Waals surface area contributed by atoms with Crippen molar-refractivity contribution in [3.05, 3.63) is 90.0 Å². The second kappa shape index (κ2) is 9.88. The van der Waals surface area contributed by atoms with Crippen molar-refractivity contribution < 1.29 is 37.0 Å². The number of carbonyl (C=O) groups is 3. The van der Waals surface area contributed by atoms with Crippen molar-refractivity contribution in [1.29, 1.82) is 0 Å². The summed E-state index contributed by atoms with van der Waals surface area (Å²) in [5.41, 5.74) is -0.364. The van der Waals surface area contributed by atoms with Crippen LogP contribution in [-0.2, 0) is 25.3 Å². The molecule has 3 aromatic carbocycles. The highest BCUT2D eigenvalue weighted by Gasteiger charge is 2.32. The fourth-order valence-electron chi connectivity index (χ4n) is 3.51. The molecule has 1 heterocycles. The predicted molar refractivity (Wildman–Crippen MR) is 120 cm³/mol. The molecule has 3 aromatic rings. The molecule has 1 unspecified atom stereocenters. The molecular weight excluding hydrogens is 465 g/mol. The molecule has 1 N–H and O–H groups in total. The van der Waals surface area contributed by atoms with Gasteiger partial charge in [-0.05, 0) is 30.3 Å². The molecule has 1 aliphatic heterocycles. The number of esters is 1. The van der Waals surface area contributed by atoms with Gasteiger partial charge in [-0.1, -0.05) is 48.5 Å². The van der Waals surface area contributed by atoms with Crippen LogP contribution in [0.4, 0.5) is 24.5 Å². The second-order valence-electron chi connectivity index (χ2n) is 7.58. The monoisotopic (exact) mass is 484 g/mol. The zero-order valence-corrected chi connectivity index (χ0v) is 18.1. The minimum Gasteiger partial charge on any atom is -0.482 e. The van der Waals surface area contributed by atoms with Crippen LogP contribution in [0.15, 0.2) is 78.9 Å². The van der Waals surface area contributed by atoms with Crippen LogP contribution < -0.4 is 15.0 Å². The van der Waals surface area contributed by atoms with E-state index in [2.05, 4.69) is 5.32 Å². The summed E-state index contributed by atoms with van der Waals surface area (Å²) in [5.74, 6) is -1.78. The summed E-state index contributed by atoms with van der Waals surface area (Å²) in [7, 11) is 0. The average Bonchev–Trinajstić information content (AvgIpc) is 2.84. The Morgan fingerprint density at radius 2 is 1.71 bits per heavy atom. The molecule has 4 rings (SSSR count). The molecule has 10 heteroatoms. The summed E-state index contributed by atoms with van der Waals surface area (Å²) >= 11 is 0. The summed E-state index contributed by atoms with van der Waals surface area (Å²) in [4.78, 5) is 39.3. The van der Waals surface area contributed by atoms with E-state index in [1.807, 2.05) is 0 Å². The maximum absolute atomic E-state index is 13.0. The number of fused-ring (bicyclic) bond motifs is 1. The van der Waals surface area contributed by atoms with Gasteiger partial charge in [-0.25, -0.2) is 0 Å². The number of nitrogens with zero attached hydrogens (tertiary/aromatic N) is 1. The quantitative estimate of drug-likeness (QED) is 0.526. The van der Waals surface area contributed by atoms with E-state index in [0.717, 1.165) is 18.2 Å². The highest BCUT2D eigenvalue weighted by molar-refractivity contribution is 6.02. The van der Waals surface area contributed by atoms with Gasteiger partial charge in [-0.3, -0.25) is 19.3 Å². The molecule has 0 aromatic heterocycles. The zero-order valence-electron chi connectivity index (χ0n) is 18.1. The Morgan fingerprint density at radius 1 is 1.00 bits per heavy atom. The first-order valence-electron chi connectivity index (χ1n) is 10.5. The number of halogens is 3. The molecule has 35 heavy (non-hydrogen) atoms. The smallest absolute Gasteiger partial charge is 0.416 e. The van der Waals surface area contributed by atoms with E-state index in [1.54, 1.807) is 54.6 Å². The second-order valence-corrected chi connectivity index (χ2v) is 7.58. The molecule has 0 saturated carbocycles. The highest BCUT2D eigenvalue weighted by Crippen LogP contribution is 2.32. The van der Waals surface area contributed by atoms with E-state index >= 15 is 0 Å². The summed E-state index contributed by atoms with van der Waals surface area (Å²) in [6.07, 6.45) is -6.06. The lowest BCUT2D eigenvalue weighted by molar-refractivity contribution is -0.153. The number of hydrogen-bond acceptors (Lipinski definition) is 5. The third-order valence-corrected chi connectivity index (χ3v) is 5.14. The lowest BCUT2D eigenvalue weighted by Crippen LogP contribution is -2.43. The number of ether oxygens (including phenoxy) is 2. The van der Waals surface area contributed by atoms with Gasteiger partial charge in [-0.15, -0.1) is 0 Å². The number of amides is 2. The van der Waals surface area contributed by atoms with Crippen LogP contribution in [0.1, 0.15) is 17.2 Å². The van der Waals surface area contributed by atoms with Gasteiger partial charge in [0, 0.05) is 11.3 Å². The van der Waals surface area contributed by atoms with E-state index in [9.17, 15) is 27.6 Å². The van der Waals surface area contributed by atoms with E-state index < -0.39 is 42.2 Å². The molecule has 1 aliphatic rings. The molecule has 7 nitrogen and oxygen atoms in total. The third-order valence-electron chi connectivity index (χ3n) is 5.14. The number of para-hydroxylation sites is 2. The van der Waals surface area contributed by atoms with Crippen molar-refractivity contribution in [2.24, 2.45) is 0 Å². The number of anilines is 2. The Hall–Kier alpha value is -4.34. The SMILES string of the molecule is O=C(CN1C(=O)COc2ccccc21)OC(C(=O)Nc1cccc(C(F)(F)F)c1)c1ccccc1. The lowest BCUT2D eigenvalue weighted by atomic mass is 10.1. The minimum absolute atomic E-state index is 0.112. The fourth-order valence-corrected chi connectivity index (χ4v) is 3.51. The van der Waals surface area contributed by atoms with Gasteiger partial charge in [0.1, 0.15) is 12.3 Å². The van der Waals surface area contributed by atoms with Crippen LogP contribution >= 0.6 is 0 Å². The molecule has 0 spiro atoms. The summed E-state index contributed by atoms with van der Waals surface area (Å²) < 4.78 is 49.9. The summed E-state index contributed by atoms with van der Waals surface area (Å²) in [5, 5.41) is 2.37. The molecule has 0 bridgehead atoms. The first-order valence-corrected chi connectivity index (χ1v) is 10.5. The van der Waals surface area contributed by atoms with Crippen LogP contribution in [0.25, 0.3) is 0 Å². The van der Waals surface area contributed by atoms with E-state index in [0.29, 0.717) is 17.0 Å². The van der Waals surface area contributed by atoms with Gasteiger partial charge in [0.2, 0.25) is 6.10 Å². The molecule has 0 fully saturated rings. The number of rotatable bonds is 6. The Bertz CT molecular complexity index is 1250. The molecule has 1 atom stereocenters. The molecule has 0 saturated heterocycles. The Balaban J connectivity index is 1.54. The molecule has 0 aliphatic carbocycles. The topological polar surface area (TPSA) is 84.9 Å². The Morgan fingerprint density at radius 3 is 2.46 bits per heavy atom. The van der Waals surface area contributed by atoms with Gasteiger partial charge < -0.3 is 14.8 Å². The highest BCUT2D eigenvalue weighted by atomic mass is 19.4. The van der Waals surface area contributed by atoms with E-state index in [1.165, 1.54) is 11.0 Å².